The highest BCUT2D eigenvalue weighted by Crippen LogP contribution is 2.18. The van der Waals surface area contributed by atoms with Gasteiger partial charge in [0.25, 0.3) is 0 Å². The van der Waals surface area contributed by atoms with Crippen LogP contribution in [0.3, 0.4) is 0 Å². The number of aliphatic hydroxyl groups is 2. The van der Waals surface area contributed by atoms with Crippen molar-refractivity contribution in [2.45, 2.75) is 353 Å². The van der Waals surface area contributed by atoms with E-state index in [0.717, 1.165) is 51.4 Å². The largest absolute Gasteiger partial charge is 0.466 e. The van der Waals surface area contributed by atoms with Crippen molar-refractivity contribution in [2.75, 3.05) is 13.2 Å². The lowest BCUT2D eigenvalue weighted by Crippen LogP contribution is -2.45. The topological polar surface area (TPSA) is 95.9 Å². The summed E-state index contributed by atoms with van der Waals surface area (Å²) in [5.74, 6) is -0.0316. The van der Waals surface area contributed by atoms with E-state index in [1.165, 1.54) is 257 Å². The number of unbranched alkanes of at least 4 members (excludes halogenated alkanes) is 42. The first-order valence-electron chi connectivity index (χ1n) is 31.7. The maximum atomic E-state index is 12.4. The van der Waals surface area contributed by atoms with E-state index in [0.29, 0.717) is 25.9 Å². The maximum Gasteiger partial charge on any atom is 0.305 e. The van der Waals surface area contributed by atoms with Gasteiger partial charge in [0, 0.05) is 12.8 Å². The molecule has 0 radical (unpaired) electrons. The van der Waals surface area contributed by atoms with Gasteiger partial charge in [-0.25, -0.2) is 0 Å². The minimum Gasteiger partial charge on any atom is -0.466 e. The number of hydrogen-bond acceptors (Lipinski definition) is 5. The van der Waals surface area contributed by atoms with E-state index in [1.807, 2.05) is 0 Å². The molecule has 6 nitrogen and oxygen atoms in total. The van der Waals surface area contributed by atoms with Crippen molar-refractivity contribution >= 4 is 11.9 Å². The lowest BCUT2D eigenvalue weighted by molar-refractivity contribution is -0.143. The number of hydrogen-bond donors (Lipinski definition) is 3. The molecule has 418 valence electrons. The molecule has 2 atom stereocenters. The molecule has 2 unspecified atom stereocenters. The highest BCUT2D eigenvalue weighted by Gasteiger charge is 2.20. The molecule has 0 saturated carbocycles. The predicted molar refractivity (Wildman–Crippen MR) is 310 cm³/mol. The highest BCUT2D eigenvalue weighted by atomic mass is 16.5. The molecule has 0 heterocycles. The minimum absolute atomic E-state index is 0.00212. The molecule has 6 heteroatoms. The normalized spacial score (nSPS) is 12.8. The van der Waals surface area contributed by atoms with Crippen LogP contribution in [-0.2, 0) is 14.3 Å². The second-order valence-electron chi connectivity index (χ2n) is 21.7. The molecule has 0 fully saturated rings. The Kier molecular flexibility index (Phi) is 59.0. The summed E-state index contributed by atoms with van der Waals surface area (Å²) >= 11 is 0. The van der Waals surface area contributed by atoms with Gasteiger partial charge in [0.2, 0.25) is 5.91 Å². The van der Waals surface area contributed by atoms with Crippen LogP contribution in [0, 0.1) is 0 Å². The molecule has 0 aromatic heterocycles. The number of amides is 1. The molecule has 0 aliphatic heterocycles. The molecule has 0 bridgehead atoms. The van der Waals surface area contributed by atoms with Crippen LogP contribution in [0.4, 0.5) is 0 Å². The average Bonchev–Trinajstić information content (AvgIpc) is 3.37. The molecule has 0 spiro atoms. The standard InChI is InChI=1S/C65H123NO5/c1-3-5-7-9-11-13-15-35-39-43-47-51-55-59-65(70)71-60-56-52-48-44-40-37-34-32-30-28-26-24-22-20-18-16-17-19-21-23-25-27-29-31-33-36-38-42-46-50-54-58-64(69)66-62(61-67)63(68)57-53-49-45-41-14-12-10-8-6-4-2/h7,9,13,15,18,20,62-63,67-68H,3-6,8,10-12,14,16-17,19,21-61H2,1-2H3,(H,66,69)/b9-7-,15-13-,20-18-. The molecule has 3 N–H and O–H groups in total. The maximum absolute atomic E-state index is 12.4. The number of esters is 1. The van der Waals surface area contributed by atoms with Crippen LogP contribution in [-0.4, -0.2) is 47.4 Å². The fraction of sp³-hybridized carbons (Fsp3) is 0.877. The molecular weight excluding hydrogens is 875 g/mol. The van der Waals surface area contributed by atoms with E-state index in [4.69, 9.17) is 4.74 Å². The third-order valence-electron chi connectivity index (χ3n) is 14.6. The summed E-state index contributed by atoms with van der Waals surface area (Å²) in [4.78, 5) is 24.5. The zero-order chi connectivity index (χ0) is 51.4. The Morgan fingerprint density at radius 1 is 0.394 bits per heavy atom. The lowest BCUT2D eigenvalue weighted by Gasteiger charge is -2.22. The monoisotopic (exact) mass is 998 g/mol. The average molecular weight is 999 g/mol. The Bertz CT molecular complexity index is 1150. The molecule has 1 amide bonds. The van der Waals surface area contributed by atoms with Gasteiger partial charge in [0.15, 0.2) is 0 Å². The molecule has 0 saturated heterocycles. The highest BCUT2D eigenvalue weighted by molar-refractivity contribution is 5.76. The van der Waals surface area contributed by atoms with Gasteiger partial charge in [-0.05, 0) is 77.0 Å². The van der Waals surface area contributed by atoms with Gasteiger partial charge in [-0.3, -0.25) is 9.59 Å². The van der Waals surface area contributed by atoms with Crippen LogP contribution in [0.25, 0.3) is 0 Å². The minimum atomic E-state index is -0.661. The van der Waals surface area contributed by atoms with Gasteiger partial charge in [0.05, 0.1) is 25.4 Å². The summed E-state index contributed by atoms with van der Waals surface area (Å²) in [5.41, 5.74) is 0. The van der Waals surface area contributed by atoms with Gasteiger partial charge >= 0.3 is 5.97 Å². The SMILES string of the molecule is CCC/C=C\C/C=C\CCCCCCCC(=O)OCCCCCCCCCCCCCC/C=C\CCCCCCCCCCCCCCCCCC(=O)NC(CO)C(O)CCCCCCCCCCCC. The van der Waals surface area contributed by atoms with Crippen molar-refractivity contribution in [1.82, 2.24) is 5.32 Å². The molecule has 71 heavy (non-hydrogen) atoms. The summed E-state index contributed by atoms with van der Waals surface area (Å²) < 4.78 is 5.47. The van der Waals surface area contributed by atoms with E-state index < -0.39 is 12.1 Å². The number of carbonyl (C=O) groups excluding carboxylic acids is 2. The smallest absolute Gasteiger partial charge is 0.305 e. The van der Waals surface area contributed by atoms with Gasteiger partial charge in [-0.1, -0.05) is 288 Å². The Morgan fingerprint density at radius 2 is 0.732 bits per heavy atom. The van der Waals surface area contributed by atoms with Crippen LogP contribution in [0.5, 0.6) is 0 Å². The van der Waals surface area contributed by atoms with E-state index in [9.17, 15) is 19.8 Å². The van der Waals surface area contributed by atoms with Crippen molar-refractivity contribution in [1.29, 1.82) is 0 Å². The van der Waals surface area contributed by atoms with Crippen molar-refractivity contribution in [3.63, 3.8) is 0 Å². The quantitative estimate of drug-likeness (QED) is 0.0321. The number of carbonyl (C=O) groups is 2. The third-order valence-corrected chi connectivity index (χ3v) is 14.6. The van der Waals surface area contributed by atoms with E-state index in [2.05, 4.69) is 55.6 Å². The third kappa shape index (κ3) is 57.2. The second kappa shape index (κ2) is 60.6. The molecular formula is C65H123NO5. The van der Waals surface area contributed by atoms with E-state index in [1.54, 1.807) is 0 Å². The summed E-state index contributed by atoms with van der Waals surface area (Å²) in [6, 6.07) is -0.538. The van der Waals surface area contributed by atoms with E-state index in [-0.39, 0.29) is 18.5 Å². The molecule has 0 rings (SSSR count). The summed E-state index contributed by atoms with van der Waals surface area (Å²) in [7, 11) is 0. The molecule has 0 aromatic carbocycles. The zero-order valence-electron chi connectivity index (χ0n) is 47.7. The molecule has 0 aliphatic carbocycles. The van der Waals surface area contributed by atoms with E-state index >= 15 is 0 Å². The van der Waals surface area contributed by atoms with Crippen LogP contribution in [0.2, 0.25) is 0 Å². The first-order chi connectivity index (χ1) is 35.0. The Hall–Kier alpha value is -1.92. The number of aliphatic hydroxyl groups excluding tert-OH is 2. The first kappa shape index (κ1) is 69.1. The Labute approximate surface area is 443 Å². The van der Waals surface area contributed by atoms with Gasteiger partial charge in [-0.2, -0.15) is 0 Å². The van der Waals surface area contributed by atoms with Gasteiger partial charge in [0.1, 0.15) is 0 Å². The van der Waals surface area contributed by atoms with Crippen molar-refractivity contribution in [2.24, 2.45) is 0 Å². The van der Waals surface area contributed by atoms with Crippen LogP contribution >= 0.6 is 0 Å². The van der Waals surface area contributed by atoms with Gasteiger partial charge < -0.3 is 20.3 Å². The molecule has 0 aromatic rings. The Balaban J connectivity index is 3.34. The summed E-state index contributed by atoms with van der Waals surface area (Å²) in [6.45, 7) is 4.88. The number of nitrogens with one attached hydrogen (secondary N) is 1. The second-order valence-corrected chi connectivity index (χ2v) is 21.7. The van der Waals surface area contributed by atoms with Crippen LogP contribution in [0.1, 0.15) is 341 Å². The fourth-order valence-electron chi connectivity index (χ4n) is 9.79. The predicted octanol–water partition coefficient (Wildman–Crippen LogP) is 20.0. The van der Waals surface area contributed by atoms with Gasteiger partial charge in [-0.15, -0.1) is 0 Å². The molecule has 0 aliphatic rings. The van der Waals surface area contributed by atoms with Crippen molar-refractivity contribution < 1.29 is 24.5 Å². The Morgan fingerprint density at radius 3 is 1.14 bits per heavy atom. The zero-order valence-corrected chi connectivity index (χ0v) is 47.7. The summed E-state index contributed by atoms with van der Waals surface area (Å²) in [5, 5.41) is 23.2. The number of ether oxygens (including phenoxy) is 1. The number of allylic oxidation sites excluding steroid dienone is 6. The van der Waals surface area contributed by atoms with Crippen molar-refractivity contribution in [3.8, 4) is 0 Å². The fourth-order valence-corrected chi connectivity index (χ4v) is 9.79. The van der Waals surface area contributed by atoms with Crippen LogP contribution < -0.4 is 5.32 Å². The lowest BCUT2D eigenvalue weighted by atomic mass is 10.0. The van der Waals surface area contributed by atoms with Crippen molar-refractivity contribution in [3.05, 3.63) is 36.5 Å². The summed E-state index contributed by atoms with van der Waals surface area (Å²) in [6.07, 6.45) is 76.1. The van der Waals surface area contributed by atoms with Crippen LogP contribution in [0.15, 0.2) is 36.5 Å². The number of rotatable bonds is 59. The first-order valence-corrected chi connectivity index (χ1v) is 31.7.